The third-order valence-electron chi connectivity index (χ3n) is 8.68. The molecule has 42 heavy (non-hydrogen) atoms. The van der Waals surface area contributed by atoms with Gasteiger partial charge in [0.05, 0.1) is 0 Å². The largest absolute Gasteiger partial charge is 0.482 e. The summed E-state index contributed by atoms with van der Waals surface area (Å²) in [7, 11) is 0. The number of rotatable bonds is 6. The summed E-state index contributed by atoms with van der Waals surface area (Å²) < 4.78 is 23.2. The zero-order chi connectivity index (χ0) is 29.2. The lowest BCUT2D eigenvalue weighted by atomic mass is 9.82. The molecule has 2 heterocycles. The van der Waals surface area contributed by atoms with Gasteiger partial charge >= 0.3 is 0 Å². The topological polar surface area (TPSA) is 54.8 Å². The second kappa shape index (κ2) is 9.58. The number of nitrogens with zero attached hydrogens (tertiary/aromatic N) is 3. The van der Waals surface area contributed by atoms with Crippen LogP contribution in [0.25, 0.3) is 11.6 Å². The number of carbonyl (C=O) groups excluding carboxylic acids is 1. The number of allylic oxidation sites excluding steroid dienone is 1. The van der Waals surface area contributed by atoms with Gasteiger partial charge in [0, 0.05) is 24.4 Å². The summed E-state index contributed by atoms with van der Waals surface area (Å²) in [5, 5.41) is 2.13. The first kappa shape index (κ1) is 26.0. The smallest absolute Gasteiger partial charge is 0.277 e. The Bertz CT molecular complexity index is 1880. The zero-order valence-corrected chi connectivity index (χ0v) is 23.6. The summed E-state index contributed by atoms with van der Waals surface area (Å²) in [5.41, 5.74) is 6.10. The molecule has 0 radical (unpaired) electrons. The Morgan fingerprint density at radius 3 is 2.52 bits per heavy atom. The standard InChI is InChI=1S/C35H30FN3O3/c1-4-37-21-39(38-17-16-30(40)33(32(38)34(37)41)42-20-23-10-6-5-7-11-23)35-25(18-24-12-8-9-13-27(24)35)19-26-28(35)14-15-29(36)31(26)22(2)3/h5-18H,2,4,19-21H2,1,3H3. The molecule has 1 unspecified atom stereocenters. The predicted octanol–water partition coefficient (Wildman–Crippen LogP) is 5.87. The normalized spacial score (nSPS) is 18.3. The van der Waals surface area contributed by atoms with Crippen LogP contribution in [0.2, 0.25) is 0 Å². The molecule has 3 aliphatic rings. The van der Waals surface area contributed by atoms with Crippen LogP contribution in [0, 0.1) is 5.82 Å². The van der Waals surface area contributed by atoms with Crippen LogP contribution in [0.3, 0.4) is 0 Å². The third-order valence-corrected chi connectivity index (χ3v) is 8.68. The molecule has 0 saturated carbocycles. The van der Waals surface area contributed by atoms with E-state index in [1.54, 1.807) is 15.8 Å². The van der Waals surface area contributed by atoms with Crippen molar-refractivity contribution in [1.29, 1.82) is 0 Å². The number of ether oxygens (including phenoxy) is 1. The molecular weight excluding hydrogens is 529 g/mol. The molecule has 0 spiro atoms. The number of hydrogen-bond donors (Lipinski definition) is 0. The summed E-state index contributed by atoms with van der Waals surface area (Å²) in [6.07, 6.45) is 4.37. The molecule has 4 aromatic rings. The van der Waals surface area contributed by atoms with Gasteiger partial charge in [-0.2, -0.15) is 0 Å². The van der Waals surface area contributed by atoms with E-state index in [1.807, 2.05) is 62.4 Å². The van der Waals surface area contributed by atoms with E-state index in [0.717, 1.165) is 33.4 Å². The quantitative estimate of drug-likeness (QED) is 0.297. The second-order valence-corrected chi connectivity index (χ2v) is 11.1. The minimum absolute atomic E-state index is 0.0164. The molecule has 3 aromatic carbocycles. The highest BCUT2D eigenvalue weighted by molar-refractivity contribution is 5.96. The molecule has 0 bridgehead atoms. The highest BCUT2D eigenvalue weighted by Crippen LogP contribution is 2.56. The number of pyridine rings is 1. The Balaban J connectivity index is 1.48. The van der Waals surface area contributed by atoms with Crippen molar-refractivity contribution >= 4 is 17.6 Å². The predicted molar refractivity (Wildman–Crippen MR) is 161 cm³/mol. The van der Waals surface area contributed by atoms with E-state index in [9.17, 15) is 9.59 Å². The first-order valence-corrected chi connectivity index (χ1v) is 14.1. The number of fused-ring (bicyclic) bond motifs is 6. The van der Waals surface area contributed by atoms with Crippen molar-refractivity contribution in [2.75, 3.05) is 18.2 Å². The molecule has 1 atom stereocenters. The Morgan fingerprint density at radius 2 is 1.76 bits per heavy atom. The number of halogens is 1. The number of hydrogen-bond acceptors (Lipinski definition) is 4. The summed E-state index contributed by atoms with van der Waals surface area (Å²) in [4.78, 5) is 28.9. The lowest BCUT2D eigenvalue weighted by Crippen LogP contribution is -2.62. The van der Waals surface area contributed by atoms with Crippen LogP contribution in [0.5, 0.6) is 5.75 Å². The fourth-order valence-electron chi connectivity index (χ4n) is 6.88. The van der Waals surface area contributed by atoms with Gasteiger partial charge < -0.3 is 9.64 Å². The van der Waals surface area contributed by atoms with E-state index in [0.29, 0.717) is 24.1 Å². The van der Waals surface area contributed by atoms with Crippen molar-refractivity contribution in [3.63, 3.8) is 0 Å². The minimum atomic E-state index is -0.835. The van der Waals surface area contributed by atoms with Crippen molar-refractivity contribution in [1.82, 2.24) is 9.58 Å². The average Bonchev–Trinajstić information content (AvgIpc) is 3.48. The molecule has 7 heteroatoms. The van der Waals surface area contributed by atoms with Crippen molar-refractivity contribution in [3.8, 4) is 5.75 Å². The summed E-state index contributed by atoms with van der Waals surface area (Å²) in [6.45, 7) is 8.68. The van der Waals surface area contributed by atoms with E-state index in [2.05, 4.69) is 29.8 Å². The van der Waals surface area contributed by atoms with Crippen molar-refractivity contribution in [3.05, 3.63) is 146 Å². The molecule has 0 saturated heterocycles. The number of aromatic nitrogens is 1. The van der Waals surface area contributed by atoms with Gasteiger partial charge in [-0.25, -0.2) is 4.39 Å². The molecule has 0 N–H and O–H groups in total. The van der Waals surface area contributed by atoms with Gasteiger partial charge in [-0.05, 0) is 65.3 Å². The Morgan fingerprint density at radius 1 is 1.00 bits per heavy atom. The van der Waals surface area contributed by atoms with E-state index in [4.69, 9.17) is 4.74 Å². The second-order valence-electron chi connectivity index (χ2n) is 11.1. The molecular formula is C35H30FN3O3. The fraction of sp³-hybridized carbons (Fsp3) is 0.200. The minimum Gasteiger partial charge on any atom is -0.482 e. The fourth-order valence-corrected chi connectivity index (χ4v) is 6.88. The highest BCUT2D eigenvalue weighted by atomic mass is 19.1. The maximum atomic E-state index is 15.3. The third kappa shape index (κ3) is 3.56. The van der Waals surface area contributed by atoms with Gasteiger partial charge in [-0.3, -0.25) is 19.3 Å². The molecule has 210 valence electrons. The van der Waals surface area contributed by atoms with Gasteiger partial charge in [0.2, 0.25) is 5.43 Å². The van der Waals surface area contributed by atoms with Crippen LogP contribution in [0.1, 0.15) is 57.7 Å². The average molecular weight is 560 g/mol. The molecule has 6 nitrogen and oxygen atoms in total. The number of amides is 1. The molecule has 1 aromatic heterocycles. The van der Waals surface area contributed by atoms with Gasteiger partial charge in [0.25, 0.3) is 5.91 Å². The van der Waals surface area contributed by atoms with Crippen molar-refractivity contribution in [2.45, 2.75) is 32.4 Å². The van der Waals surface area contributed by atoms with Gasteiger partial charge in [-0.1, -0.05) is 73.3 Å². The Kier molecular flexibility index (Phi) is 5.94. The summed E-state index contributed by atoms with van der Waals surface area (Å²) in [6, 6.07) is 22.6. The lowest BCUT2D eigenvalue weighted by molar-refractivity contribution is 0.0675. The maximum absolute atomic E-state index is 15.3. The molecule has 1 aliphatic heterocycles. The SMILES string of the molecule is C=C(C)c1c(F)ccc2c1CC1=Cc3ccccc3C12N1CN(CC)C(=O)c2c(OCc3ccccc3)c(=O)ccn21. The summed E-state index contributed by atoms with van der Waals surface area (Å²) in [5.74, 6) is -0.555. The van der Waals surface area contributed by atoms with E-state index < -0.39 is 5.54 Å². The van der Waals surface area contributed by atoms with Crippen LogP contribution in [0.15, 0.2) is 95.9 Å². The van der Waals surface area contributed by atoms with Gasteiger partial charge in [-0.15, -0.1) is 0 Å². The zero-order valence-electron chi connectivity index (χ0n) is 23.6. The van der Waals surface area contributed by atoms with Crippen LogP contribution >= 0.6 is 0 Å². The first-order valence-electron chi connectivity index (χ1n) is 14.1. The van der Waals surface area contributed by atoms with Crippen molar-refractivity contribution in [2.24, 2.45) is 0 Å². The first-order chi connectivity index (χ1) is 20.4. The van der Waals surface area contributed by atoms with Crippen LogP contribution in [-0.2, 0) is 18.6 Å². The van der Waals surface area contributed by atoms with Crippen LogP contribution < -0.4 is 15.2 Å². The van der Waals surface area contributed by atoms with Crippen LogP contribution in [0.4, 0.5) is 4.39 Å². The molecule has 2 aliphatic carbocycles. The van der Waals surface area contributed by atoms with Gasteiger partial charge in [0.1, 0.15) is 24.6 Å². The Hall–Kier alpha value is -4.91. The number of benzene rings is 3. The van der Waals surface area contributed by atoms with E-state index >= 15 is 4.39 Å². The maximum Gasteiger partial charge on any atom is 0.277 e. The summed E-state index contributed by atoms with van der Waals surface area (Å²) >= 11 is 0. The molecule has 7 rings (SSSR count). The van der Waals surface area contributed by atoms with Crippen LogP contribution in [-0.4, -0.2) is 28.7 Å². The van der Waals surface area contributed by atoms with Crippen molar-refractivity contribution < 1.29 is 13.9 Å². The molecule has 0 fully saturated rings. The van der Waals surface area contributed by atoms with E-state index in [-0.39, 0.29) is 41.9 Å². The monoisotopic (exact) mass is 559 g/mol. The Labute approximate surface area is 243 Å². The van der Waals surface area contributed by atoms with E-state index in [1.165, 1.54) is 12.1 Å². The molecule has 1 amide bonds. The van der Waals surface area contributed by atoms with Gasteiger partial charge in [0.15, 0.2) is 11.4 Å². The highest BCUT2D eigenvalue weighted by Gasteiger charge is 2.56. The lowest BCUT2D eigenvalue weighted by Gasteiger charge is -2.49. The number of carbonyl (C=O) groups is 1.